The first-order valence-electron chi connectivity index (χ1n) is 31.1. The number of furan rings is 1. The van der Waals surface area contributed by atoms with Crippen molar-refractivity contribution in [3.8, 4) is 11.1 Å². The van der Waals surface area contributed by atoms with Crippen molar-refractivity contribution in [1.82, 2.24) is 0 Å². The maximum atomic E-state index is 9.82. The van der Waals surface area contributed by atoms with Gasteiger partial charge in [-0.25, -0.2) is 0 Å². The second-order valence-electron chi connectivity index (χ2n) is 12.0. The van der Waals surface area contributed by atoms with E-state index < -0.39 is 282 Å². The Kier molecular flexibility index (Phi) is 2.87. The van der Waals surface area contributed by atoms with Crippen LogP contribution in [0.4, 0.5) is 0 Å². The van der Waals surface area contributed by atoms with Crippen LogP contribution in [0.25, 0.3) is 86.9 Å². The molecule has 0 unspecified atom stereocenters. The molecule has 248 valence electrons. The van der Waals surface area contributed by atoms with E-state index >= 15 is 0 Å². The van der Waals surface area contributed by atoms with Crippen molar-refractivity contribution in [1.29, 1.82) is 0 Å². The Balaban J connectivity index is 1.25. The molecule has 0 aliphatic carbocycles. The van der Waals surface area contributed by atoms with Crippen LogP contribution in [0.1, 0.15) is 63.4 Å². The molecule has 0 N–H and O–H groups in total. The van der Waals surface area contributed by atoms with E-state index in [1.165, 1.54) is 0 Å². The molecule has 53 heavy (non-hydrogen) atoms. The van der Waals surface area contributed by atoms with Crippen molar-refractivity contribution < 1.29 is 45.5 Å². The highest BCUT2D eigenvalue weighted by atomic mass is 16.3. The molecular formula is C52H34O. The lowest BCUT2D eigenvalue weighted by atomic mass is 9.84. The molecule has 0 saturated carbocycles. The maximum absolute atomic E-state index is 9.82. The summed E-state index contributed by atoms with van der Waals surface area (Å²) in [4.78, 5) is 0. The predicted molar refractivity (Wildman–Crippen MR) is 225 cm³/mol. The van der Waals surface area contributed by atoms with Gasteiger partial charge >= 0.3 is 0 Å². The Bertz CT molecular complexity index is 4860. The van der Waals surface area contributed by atoms with E-state index in [4.69, 9.17) is 31.8 Å². The van der Waals surface area contributed by atoms with Crippen LogP contribution < -0.4 is 0 Å². The average Bonchev–Trinajstić information content (AvgIpc) is 1.51. The largest absolute Gasteiger partial charge is 0.455 e. The fraction of sp³-hybridized carbons (Fsp3) is 0.0385. The minimum Gasteiger partial charge on any atom is -0.455 e. The van der Waals surface area contributed by atoms with Crippen LogP contribution in [0, 0.1) is 0 Å². The second kappa shape index (κ2) is 11.9. The van der Waals surface area contributed by atoms with Gasteiger partial charge in [-0.1, -0.05) is 163 Å². The van der Waals surface area contributed by atoms with Crippen LogP contribution in [-0.4, -0.2) is 0 Å². The molecule has 1 heteroatoms. The van der Waals surface area contributed by atoms with Gasteiger partial charge in [0, 0.05) is 16.2 Å². The molecule has 11 rings (SSSR count). The highest BCUT2D eigenvalue weighted by molar-refractivity contribution is 6.22. The third-order valence-corrected chi connectivity index (χ3v) is 9.12. The number of benzene rings is 10. The minimum absolute atomic E-state index is 0.271. The van der Waals surface area contributed by atoms with Crippen molar-refractivity contribution in [3.05, 3.63) is 204 Å². The summed E-state index contributed by atoms with van der Waals surface area (Å²) in [7, 11) is 0. The summed E-state index contributed by atoms with van der Waals surface area (Å²) in [6.45, 7) is 0. The second-order valence-corrected chi connectivity index (χ2v) is 12.0. The molecule has 0 saturated heterocycles. The van der Waals surface area contributed by atoms with Gasteiger partial charge in [0.05, 0.1) is 41.1 Å². The first-order valence-corrected chi connectivity index (χ1v) is 16.1. The highest BCUT2D eigenvalue weighted by Gasteiger charge is 2.19. The van der Waals surface area contributed by atoms with Gasteiger partial charge in [0.2, 0.25) is 0 Å². The molecule has 10 aromatic carbocycles. The molecule has 0 bridgehead atoms. The SMILES string of the molecule is [2H]c1c([2H])c(Cc2c([2H])c([2H])c([2H])c3oc4c5c([2H])c([2H])c([2H])c([2H])c5c([2H])c([2H])c4c23)c([2H])c([2H])c1Cc1c2c([2H])c([2H])c([2H])c([2H])c2c(-c2c([2H])c3c([2H])c([2H])c([2H])c([2H])c3c3c([2H])c([2H])c([2H])c([2H])c23)c2c([2H])c([2H])c([2H])c([2H])c12. The monoisotopic (exact) mass is 704 g/mol. The van der Waals surface area contributed by atoms with E-state index in [0.29, 0.717) is 0 Å². The standard InChI is InChI=1S/C52H34O/c1-4-16-39-35(12-1)28-29-46-50-37(14-11-23-49(50)53-52(39)46)30-33-24-26-34(27-25-33)31-47-42-19-7-9-21-44(42)51(45-22-10-8-20-43(45)47)48-32-36-13-2-3-15-38(36)40-17-5-6-18-41(40)48/h1-29,32H,30-31H2/i1D,2D,3D,4D,5D,6D,7D,8D,9D,10D,11D,12D,13D,14D,15D,16D,17D,18D,19D,20D,21D,22D,23D,24D,25D,26D,27D,28D,29D,32D. The fourth-order valence-corrected chi connectivity index (χ4v) is 6.84. The van der Waals surface area contributed by atoms with Gasteiger partial charge in [0.1, 0.15) is 11.2 Å². The molecular weight excluding hydrogens is 641 g/mol. The molecule has 11 aromatic rings. The molecule has 0 spiro atoms. The van der Waals surface area contributed by atoms with E-state index in [0.717, 1.165) is 0 Å². The van der Waals surface area contributed by atoms with E-state index in [1.807, 2.05) is 0 Å². The fourth-order valence-electron chi connectivity index (χ4n) is 6.84. The molecule has 0 aliphatic rings. The molecule has 0 fully saturated rings. The number of hydrogen-bond acceptors (Lipinski definition) is 1. The van der Waals surface area contributed by atoms with E-state index in [2.05, 4.69) is 0 Å². The van der Waals surface area contributed by atoms with E-state index in [-0.39, 0.29) is 21.7 Å². The smallest absolute Gasteiger partial charge is 0.143 e. The third kappa shape index (κ3) is 4.78. The maximum Gasteiger partial charge on any atom is 0.143 e. The molecule has 0 aliphatic heterocycles. The summed E-state index contributed by atoms with van der Waals surface area (Å²) in [5.41, 5.74) is -3.97. The van der Waals surface area contributed by atoms with Gasteiger partial charge in [-0.05, 0) is 113 Å². The van der Waals surface area contributed by atoms with E-state index in [1.54, 1.807) is 0 Å². The van der Waals surface area contributed by atoms with Crippen LogP contribution >= 0.6 is 0 Å². The molecule has 0 radical (unpaired) electrons. The summed E-state index contributed by atoms with van der Waals surface area (Å²) >= 11 is 0. The van der Waals surface area contributed by atoms with Crippen LogP contribution in [0.3, 0.4) is 0 Å². The normalized spacial score (nSPS) is 19.8. The summed E-state index contributed by atoms with van der Waals surface area (Å²) in [5, 5.41) is -6.15. The van der Waals surface area contributed by atoms with Crippen molar-refractivity contribution in [2.75, 3.05) is 0 Å². The first kappa shape index (κ1) is 12.8. The highest BCUT2D eigenvalue weighted by Crippen LogP contribution is 2.44. The Morgan fingerprint density at radius 2 is 0.962 bits per heavy atom. The summed E-state index contributed by atoms with van der Waals surface area (Å²) < 4.78 is 277. The number of rotatable bonds is 5. The molecule has 1 heterocycles. The molecule has 0 amide bonds. The van der Waals surface area contributed by atoms with Gasteiger partial charge in [-0.2, -0.15) is 0 Å². The zero-order valence-corrected chi connectivity index (χ0v) is 26.8. The molecule has 0 atom stereocenters. The first-order chi connectivity index (χ1) is 38.8. The molecule has 1 nitrogen and oxygen atoms in total. The summed E-state index contributed by atoms with van der Waals surface area (Å²) in [5.74, 6) is 0. The van der Waals surface area contributed by atoms with Gasteiger partial charge < -0.3 is 4.42 Å². The van der Waals surface area contributed by atoms with Crippen molar-refractivity contribution >= 4 is 75.8 Å². The Morgan fingerprint density at radius 3 is 1.68 bits per heavy atom. The average molecular weight is 705 g/mol. The Morgan fingerprint density at radius 1 is 0.396 bits per heavy atom. The van der Waals surface area contributed by atoms with Crippen LogP contribution in [0.2, 0.25) is 0 Å². The van der Waals surface area contributed by atoms with Crippen LogP contribution in [0.15, 0.2) is 186 Å². The lowest BCUT2D eigenvalue weighted by Gasteiger charge is -2.19. The van der Waals surface area contributed by atoms with Crippen LogP contribution in [-0.2, 0) is 12.8 Å². The minimum atomic E-state index is -0.958. The van der Waals surface area contributed by atoms with Crippen molar-refractivity contribution in [2.45, 2.75) is 12.8 Å². The van der Waals surface area contributed by atoms with Crippen molar-refractivity contribution in [3.63, 3.8) is 0 Å². The van der Waals surface area contributed by atoms with E-state index in [9.17, 15) is 13.7 Å². The lowest BCUT2D eigenvalue weighted by Crippen LogP contribution is -1.97. The van der Waals surface area contributed by atoms with Crippen molar-refractivity contribution in [2.24, 2.45) is 0 Å². The van der Waals surface area contributed by atoms with Gasteiger partial charge in [0.25, 0.3) is 0 Å². The predicted octanol–water partition coefficient (Wildman–Crippen LogP) is 14.2. The van der Waals surface area contributed by atoms with Crippen LogP contribution in [0.5, 0.6) is 0 Å². The number of fused-ring (bicyclic) bond motifs is 10. The third-order valence-electron chi connectivity index (χ3n) is 9.12. The summed E-state index contributed by atoms with van der Waals surface area (Å²) in [6, 6.07) is -25.0. The Hall–Kier alpha value is -6.70. The quantitative estimate of drug-likeness (QED) is 0.128. The van der Waals surface area contributed by atoms with Gasteiger partial charge in [0.15, 0.2) is 0 Å². The topological polar surface area (TPSA) is 13.1 Å². The van der Waals surface area contributed by atoms with Gasteiger partial charge in [-0.3, -0.25) is 0 Å². The number of hydrogen-bond donors (Lipinski definition) is 0. The molecule has 1 aromatic heterocycles. The zero-order chi connectivity index (χ0) is 61.0. The summed E-state index contributed by atoms with van der Waals surface area (Å²) in [6.07, 6.45) is -1.70. The Labute approximate surface area is 349 Å². The lowest BCUT2D eigenvalue weighted by molar-refractivity contribution is 0.672. The van der Waals surface area contributed by atoms with Gasteiger partial charge in [-0.15, -0.1) is 0 Å². The zero-order valence-electron chi connectivity index (χ0n) is 56.8.